The van der Waals surface area contributed by atoms with Gasteiger partial charge in [-0.3, -0.25) is 38.6 Å². The molecule has 6 aromatic rings. The Hall–Kier alpha value is -8.38. The first-order valence-corrected chi connectivity index (χ1v) is 21.9. The minimum absolute atomic E-state index is 0.0783. The van der Waals surface area contributed by atoms with E-state index in [4.69, 9.17) is 34.2 Å². The number of fused-ring (bicyclic) bond motifs is 2. The van der Waals surface area contributed by atoms with E-state index in [0.717, 1.165) is 9.13 Å². The first-order chi connectivity index (χ1) is 32.7. The number of carbonyl (C=O) groups is 4. The van der Waals surface area contributed by atoms with Crippen molar-refractivity contribution in [2.24, 2.45) is 22.1 Å². The third-order valence-corrected chi connectivity index (χ3v) is 11.1. The molecular weight excluding hydrogens is 926 g/mol. The Labute approximate surface area is 405 Å². The average molecular weight is 969 g/mol. The van der Waals surface area contributed by atoms with Gasteiger partial charge in [0.05, 0.1) is 39.3 Å². The van der Waals surface area contributed by atoms with Crippen LogP contribution in [-0.2, 0) is 0 Å². The molecule has 4 amide bonds. The molecule has 0 radical (unpaired) electrons. The molecule has 0 saturated carbocycles. The smallest absolute Gasteiger partial charge is 0.286 e. The van der Waals surface area contributed by atoms with E-state index in [-0.39, 0.29) is 81.0 Å². The fourth-order valence-corrected chi connectivity index (χ4v) is 7.88. The van der Waals surface area contributed by atoms with Crippen LogP contribution in [0.25, 0.3) is 11.4 Å². The Morgan fingerprint density at radius 1 is 0.623 bits per heavy atom. The molecule has 4 N–H and O–H groups in total. The third kappa shape index (κ3) is 10.0. The van der Waals surface area contributed by atoms with E-state index in [9.17, 15) is 44.2 Å². The standard InChI is InChI=1S/C25H20ClN5O4.C13H9ClN2O2.C12H14N2O2/c1-13(2)12-30-22(32)17-8-5-9-19(20(17)24(30)34)28-29-21-14(3)18(11-27)23(33)31(25(21)35)16-7-4-6-15(26)10-16;1-8-5-12(17)16(13(18)11(8)7-15)10-4-2-3-9(14)6-10;1-7(2)6-14-11(15)8-4-3-5-9(13)10(8)12(14)16/h4-10,13,33H,12H2,1-3H3;2-6,18H,1H3;3-5,7H,6,13H2,1-2H3. The number of azo groups is 1. The summed E-state index contributed by atoms with van der Waals surface area (Å²) in [6, 6.07) is 27.4. The summed E-state index contributed by atoms with van der Waals surface area (Å²) in [4.78, 5) is 77.3. The normalized spacial score (nSPS) is 12.7. The van der Waals surface area contributed by atoms with Gasteiger partial charge in [-0.2, -0.15) is 10.5 Å². The fourth-order valence-electron chi connectivity index (χ4n) is 7.51. The van der Waals surface area contributed by atoms with Crippen LogP contribution in [0.2, 0.25) is 10.0 Å². The van der Waals surface area contributed by atoms with Crippen molar-refractivity contribution in [3.05, 3.63) is 166 Å². The van der Waals surface area contributed by atoms with Gasteiger partial charge in [0.2, 0.25) is 11.8 Å². The number of aromatic nitrogens is 2. The molecule has 69 heavy (non-hydrogen) atoms. The Morgan fingerprint density at radius 3 is 1.61 bits per heavy atom. The molecule has 17 nitrogen and oxygen atoms in total. The molecule has 19 heteroatoms. The number of aromatic hydroxyl groups is 2. The summed E-state index contributed by atoms with van der Waals surface area (Å²) >= 11 is 11.9. The Bertz CT molecular complexity index is 3350. The number of halogens is 2. The number of nitrogens with zero attached hydrogens (tertiary/aromatic N) is 8. The van der Waals surface area contributed by atoms with Crippen molar-refractivity contribution in [2.75, 3.05) is 18.8 Å². The Kier molecular flexibility index (Phi) is 15.0. The number of nitrogen functional groups attached to an aromatic ring is 1. The molecule has 0 fully saturated rings. The Balaban J connectivity index is 0.000000191. The first kappa shape index (κ1) is 50.0. The zero-order chi connectivity index (χ0) is 50.6. The van der Waals surface area contributed by atoms with Gasteiger partial charge in [-0.25, -0.2) is 9.13 Å². The monoisotopic (exact) mass is 967 g/mol. The lowest BCUT2D eigenvalue weighted by molar-refractivity contribution is 0.0621. The fraction of sp³-hybridized carbons (Fsp3) is 0.200. The summed E-state index contributed by atoms with van der Waals surface area (Å²) in [5.41, 5.74) is 7.09. The van der Waals surface area contributed by atoms with Crippen molar-refractivity contribution in [2.45, 2.75) is 41.5 Å². The SMILES string of the molecule is CC(C)CN1C(=O)c2cccc(N)c2C1=O.Cc1c(C#N)c(O)n(-c2cccc(Cl)c2)c(=O)c1N=Nc1cccc2c1C(=O)N(CC(C)C)C2=O.Cc1cc(=O)n(-c2cccc(Cl)c2)c(O)c1C#N. The number of carbonyl (C=O) groups excluding carboxylic acids is 4. The molecule has 8 rings (SSSR count). The van der Waals surface area contributed by atoms with E-state index in [2.05, 4.69) is 10.2 Å². The van der Waals surface area contributed by atoms with Gasteiger partial charge in [0, 0.05) is 40.5 Å². The van der Waals surface area contributed by atoms with Crippen LogP contribution in [-0.4, -0.2) is 65.9 Å². The first-order valence-electron chi connectivity index (χ1n) is 21.1. The average Bonchev–Trinajstić information content (AvgIpc) is 3.67. The number of rotatable bonds is 8. The number of amides is 4. The maximum absolute atomic E-state index is 13.3. The molecule has 2 aliphatic heterocycles. The van der Waals surface area contributed by atoms with Crippen LogP contribution in [0.4, 0.5) is 17.1 Å². The van der Waals surface area contributed by atoms with Crippen molar-refractivity contribution >= 4 is 63.9 Å². The molecule has 0 saturated heterocycles. The van der Waals surface area contributed by atoms with Gasteiger partial charge in [0.15, 0.2) is 5.69 Å². The molecule has 0 atom stereocenters. The highest BCUT2D eigenvalue weighted by Gasteiger charge is 2.38. The topological polar surface area (TPSA) is 258 Å². The van der Waals surface area contributed by atoms with Crippen LogP contribution in [0.15, 0.2) is 111 Å². The highest BCUT2D eigenvalue weighted by molar-refractivity contribution is 6.31. The predicted molar refractivity (Wildman–Crippen MR) is 258 cm³/mol. The number of nitrogens with two attached hydrogens (primary N) is 1. The quantitative estimate of drug-likeness (QED) is 0.0737. The molecular formula is C50H43Cl2N9O8. The summed E-state index contributed by atoms with van der Waals surface area (Å²) in [6.07, 6.45) is 0. The summed E-state index contributed by atoms with van der Waals surface area (Å²) < 4.78 is 1.97. The zero-order valence-corrected chi connectivity index (χ0v) is 39.5. The molecule has 0 bridgehead atoms. The van der Waals surface area contributed by atoms with E-state index in [1.807, 2.05) is 39.8 Å². The van der Waals surface area contributed by atoms with Gasteiger partial charge < -0.3 is 15.9 Å². The van der Waals surface area contributed by atoms with Crippen LogP contribution >= 0.6 is 23.2 Å². The van der Waals surface area contributed by atoms with Crippen LogP contribution < -0.4 is 16.9 Å². The predicted octanol–water partition coefficient (Wildman–Crippen LogP) is 8.94. The van der Waals surface area contributed by atoms with Crippen molar-refractivity contribution in [1.29, 1.82) is 10.5 Å². The molecule has 4 aromatic carbocycles. The summed E-state index contributed by atoms with van der Waals surface area (Å²) in [6.45, 7) is 11.5. The molecule has 0 unspecified atom stereocenters. The number of nitriles is 2. The lowest BCUT2D eigenvalue weighted by Crippen LogP contribution is -2.33. The zero-order valence-electron chi connectivity index (χ0n) is 38.0. The molecule has 0 spiro atoms. The summed E-state index contributed by atoms with van der Waals surface area (Å²) in [5.74, 6) is -1.99. The van der Waals surface area contributed by atoms with E-state index < -0.39 is 28.8 Å². The van der Waals surface area contributed by atoms with Crippen LogP contribution in [0.5, 0.6) is 11.8 Å². The number of hydrogen-bond donors (Lipinski definition) is 3. The third-order valence-electron chi connectivity index (χ3n) is 10.7. The maximum Gasteiger partial charge on any atom is 0.286 e. The largest absolute Gasteiger partial charge is 0.493 e. The van der Waals surface area contributed by atoms with Crippen LogP contribution in [0, 0.1) is 48.3 Å². The van der Waals surface area contributed by atoms with Gasteiger partial charge in [-0.1, -0.05) is 75.2 Å². The highest BCUT2D eigenvalue weighted by Crippen LogP contribution is 2.35. The summed E-state index contributed by atoms with van der Waals surface area (Å²) in [5, 5.41) is 48.2. The van der Waals surface area contributed by atoms with Gasteiger partial charge in [0.25, 0.3) is 34.7 Å². The number of hydrogen-bond acceptors (Lipinski definition) is 13. The number of benzene rings is 4. The van der Waals surface area contributed by atoms with E-state index in [0.29, 0.717) is 44.7 Å². The number of imide groups is 2. The number of anilines is 1. The Morgan fingerprint density at radius 2 is 1.10 bits per heavy atom. The number of aryl methyl sites for hydroxylation is 1. The second-order valence-electron chi connectivity index (χ2n) is 16.6. The highest BCUT2D eigenvalue weighted by atomic mass is 35.5. The molecule has 2 aliphatic rings. The lowest BCUT2D eigenvalue weighted by Gasteiger charge is -2.15. The van der Waals surface area contributed by atoms with E-state index in [1.54, 1.807) is 79.7 Å². The van der Waals surface area contributed by atoms with Crippen LogP contribution in [0.1, 0.15) is 91.4 Å². The van der Waals surface area contributed by atoms with Crippen LogP contribution in [0.3, 0.4) is 0 Å². The molecule has 2 aromatic heterocycles. The summed E-state index contributed by atoms with van der Waals surface area (Å²) in [7, 11) is 0. The maximum atomic E-state index is 13.3. The van der Waals surface area contributed by atoms with Crippen molar-refractivity contribution in [3.63, 3.8) is 0 Å². The van der Waals surface area contributed by atoms with E-state index >= 15 is 0 Å². The molecule has 0 aliphatic carbocycles. The van der Waals surface area contributed by atoms with Crippen molar-refractivity contribution in [3.8, 4) is 35.3 Å². The second-order valence-corrected chi connectivity index (χ2v) is 17.5. The molecule has 350 valence electrons. The van der Waals surface area contributed by atoms with E-state index in [1.165, 1.54) is 34.9 Å². The van der Waals surface area contributed by atoms with Gasteiger partial charge in [0.1, 0.15) is 23.3 Å². The number of pyridine rings is 2. The lowest BCUT2D eigenvalue weighted by atomic mass is 10.1. The van der Waals surface area contributed by atoms with Gasteiger partial charge in [-0.05, 0) is 91.9 Å². The van der Waals surface area contributed by atoms with Crippen molar-refractivity contribution < 1.29 is 29.4 Å². The van der Waals surface area contributed by atoms with Crippen molar-refractivity contribution in [1.82, 2.24) is 18.9 Å². The molecule has 4 heterocycles. The minimum atomic E-state index is -0.735. The second kappa shape index (κ2) is 20.6. The van der Waals surface area contributed by atoms with Gasteiger partial charge in [-0.15, -0.1) is 10.2 Å². The minimum Gasteiger partial charge on any atom is -0.493 e. The van der Waals surface area contributed by atoms with Gasteiger partial charge >= 0.3 is 0 Å².